The van der Waals surface area contributed by atoms with Crippen molar-refractivity contribution in [3.63, 3.8) is 0 Å². The normalized spacial score (nSPS) is 11.4. The van der Waals surface area contributed by atoms with Crippen LogP contribution in [-0.2, 0) is 14.8 Å². The van der Waals surface area contributed by atoms with Gasteiger partial charge in [-0.3, -0.25) is 9.10 Å². The second-order valence-electron chi connectivity index (χ2n) is 5.42. The number of halogens is 1. The van der Waals surface area contributed by atoms with E-state index in [1.807, 2.05) is 0 Å². The number of methoxy groups -OCH3 is 1. The maximum Gasteiger partial charge on any atom is 0.260 e. The van der Waals surface area contributed by atoms with Gasteiger partial charge in [0, 0.05) is 5.56 Å². The van der Waals surface area contributed by atoms with Crippen LogP contribution in [0.4, 0.5) is 10.1 Å². The molecule has 0 fully saturated rings. The van der Waals surface area contributed by atoms with Crippen molar-refractivity contribution >= 4 is 27.8 Å². The fraction of sp³-hybridized carbons (Fsp3) is 0.222. The third-order valence-corrected chi connectivity index (χ3v) is 5.39. The van der Waals surface area contributed by atoms with Crippen molar-refractivity contribution in [3.05, 3.63) is 59.9 Å². The highest BCUT2D eigenvalue weighted by atomic mass is 32.2. The fourth-order valence-electron chi connectivity index (χ4n) is 2.17. The molecule has 7 nitrogen and oxygen atoms in total. The van der Waals surface area contributed by atoms with Crippen LogP contribution in [-0.4, -0.2) is 39.9 Å². The molecule has 0 bridgehead atoms. The summed E-state index contributed by atoms with van der Waals surface area (Å²) in [4.78, 5) is 12.1. The van der Waals surface area contributed by atoms with Gasteiger partial charge in [-0.25, -0.2) is 18.2 Å². The maximum absolute atomic E-state index is 13.5. The molecule has 0 saturated heterocycles. The van der Waals surface area contributed by atoms with Crippen LogP contribution < -0.4 is 14.5 Å². The van der Waals surface area contributed by atoms with E-state index in [0.717, 1.165) is 10.5 Å². The average Bonchev–Trinajstić information content (AvgIpc) is 2.67. The molecule has 27 heavy (non-hydrogen) atoms. The molecule has 0 aliphatic carbocycles. The summed E-state index contributed by atoms with van der Waals surface area (Å²) in [5.41, 5.74) is 2.74. The van der Waals surface area contributed by atoms with Gasteiger partial charge in [-0.15, -0.1) is 0 Å². The number of ether oxygens (including phenoxy) is 1. The molecule has 2 aromatic rings. The van der Waals surface area contributed by atoms with Crippen molar-refractivity contribution in [2.24, 2.45) is 5.10 Å². The Morgan fingerprint density at radius 2 is 1.89 bits per heavy atom. The number of nitrogens with one attached hydrogen (secondary N) is 1. The van der Waals surface area contributed by atoms with Crippen LogP contribution in [0, 0.1) is 5.82 Å². The van der Waals surface area contributed by atoms with Crippen LogP contribution in [0.5, 0.6) is 5.75 Å². The van der Waals surface area contributed by atoms with Crippen LogP contribution in [0.1, 0.15) is 12.5 Å². The molecule has 0 aliphatic rings. The highest BCUT2D eigenvalue weighted by Gasteiger charge is 2.23. The quantitative estimate of drug-likeness (QED) is 0.550. The molecule has 144 valence electrons. The summed E-state index contributed by atoms with van der Waals surface area (Å²) < 4.78 is 44.3. The van der Waals surface area contributed by atoms with E-state index in [-0.39, 0.29) is 11.3 Å². The Labute approximate surface area is 157 Å². The van der Waals surface area contributed by atoms with E-state index in [4.69, 9.17) is 4.74 Å². The third kappa shape index (κ3) is 5.52. The van der Waals surface area contributed by atoms with Gasteiger partial charge in [0.25, 0.3) is 5.91 Å². The number of nitrogens with zero attached hydrogens (tertiary/aromatic N) is 2. The molecule has 0 radical (unpaired) electrons. The second-order valence-corrected chi connectivity index (χ2v) is 7.60. The minimum absolute atomic E-state index is 0.176. The van der Waals surface area contributed by atoms with E-state index in [1.165, 1.54) is 32.2 Å². The van der Waals surface area contributed by atoms with Crippen molar-refractivity contribution < 1.29 is 22.3 Å². The standard InChI is InChI=1S/C18H20FN3O4S/c1-3-27(24,25)22(15-8-10-16(26-2)11-9-15)13-18(23)21-20-12-14-6-4-5-7-17(14)19/h4-12H,3,13H2,1-2H3,(H,21,23)/b20-12-. The molecular formula is C18H20FN3O4S. The summed E-state index contributed by atoms with van der Waals surface area (Å²) in [6.07, 6.45) is 1.15. The Morgan fingerprint density at radius 1 is 1.22 bits per heavy atom. The van der Waals surface area contributed by atoms with Gasteiger partial charge in [-0.1, -0.05) is 18.2 Å². The number of hydrogen-bond donors (Lipinski definition) is 1. The molecule has 0 aromatic heterocycles. The van der Waals surface area contributed by atoms with E-state index in [0.29, 0.717) is 11.4 Å². The lowest BCUT2D eigenvalue weighted by Gasteiger charge is -2.23. The van der Waals surface area contributed by atoms with Crippen LogP contribution in [0.2, 0.25) is 0 Å². The SMILES string of the molecule is CCS(=O)(=O)N(CC(=O)N/N=C\c1ccccc1F)c1ccc(OC)cc1. The molecule has 0 saturated carbocycles. The molecule has 9 heteroatoms. The monoisotopic (exact) mass is 393 g/mol. The molecule has 0 spiro atoms. The topological polar surface area (TPSA) is 88.1 Å². The van der Waals surface area contributed by atoms with Gasteiger partial charge in [-0.2, -0.15) is 5.10 Å². The van der Waals surface area contributed by atoms with Crippen molar-refractivity contribution in [2.45, 2.75) is 6.92 Å². The molecule has 0 heterocycles. The van der Waals surface area contributed by atoms with Gasteiger partial charge in [-0.05, 0) is 37.3 Å². The minimum Gasteiger partial charge on any atom is -0.497 e. The Kier molecular flexibility index (Phi) is 6.89. The molecule has 1 amide bonds. The number of hydrazone groups is 1. The molecule has 0 unspecified atom stereocenters. The summed E-state index contributed by atoms with van der Waals surface area (Å²) in [5, 5.41) is 3.68. The lowest BCUT2D eigenvalue weighted by atomic mass is 10.2. The average molecular weight is 393 g/mol. The van der Waals surface area contributed by atoms with Crippen molar-refractivity contribution in [3.8, 4) is 5.75 Å². The number of rotatable bonds is 8. The van der Waals surface area contributed by atoms with Gasteiger partial charge in [0.2, 0.25) is 10.0 Å². The van der Waals surface area contributed by atoms with E-state index < -0.39 is 28.3 Å². The first-order valence-corrected chi connectivity index (χ1v) is 9.69. The smallest absolute Gasteiger partial charge is 0.260 e. The Hall–Kier alpha value is -2.94. The summed E-state index contributed by atoms with van der Waals surface area (Å²) >= 11 is 0. The number of sulfonamides is 1. The van der Waals surface area contributed by atoms with Crippen molar-refractivity contribution in [1.82, 2.24) is 5.43 Å². The highest BCUT2D eigenvalue weighted by Crippen LogP contribution is 2.21. The predicted octanol–water partition coefficient (Wildman–Crippen LogP) is 2.14. The van der Waals surface area contributed by atoms with E-state index in [9.17, 15) is 17.6 Å². The number of carbonyl (C=O) groups is 1. The van der Waals surface area contributed by atoms with Gasteiger partial charge in [0.05, 0.1) is 24.8 Å². The first kappa shape index (κ1) is 20.4. The summed E-state index contributed by atoms with van der Waals surface area (Å²) in [6.45, 7) is 1.03. The lowest BCUT2D eigenvalue weighted by Crippen LogP contribution is -2.40. The number of anilines is 1. The predicted molar refractivity (Wildman–Crippen MR) is 102 cm³/mol. The van der Waals surface area contributed by atoms with Gasteiger partial charge in [0.15, 0.2) is 0 Å². The summed E-state index contributed by atoms with van der Waals surface area (Å²) in [6, 6.07) is 12.2. The third-order valence-electron chi connectivity index (χ3n) is 3.65. The maximum atomic E-state index is 13.5. The van der Waals surface area contributed by atoms with E-state index in [2.05, 4.69) is 10.5 Å². The number of carbonyl (C=O) groups excluding carboxylic acids is 1. The summed E-state index contributed by atoms with van der Waals surface area (Å²) in [7, 11) is -2.20. The van der Waals surface area contributed by atoms with Gasteiger partial charge < -0.3 is 4.74 Å². The molecule has 1 N–H and O–H groups in total. The van der Waals surface area contributed by atoms with Crippen LogP contribution >= 0.6 is 0 Å². The van der Waals surface area contributed by atoms with Gasteiger partial charge >= 0.3 is 0 Å². The fourth-order valence-corrected chi connectivity index (χ4v) is 3.24. The van der Waals surface area contributed by atoms with Crippen LogP contribution in [0.3, 0.4) is 0 Å². The Bertz CT molecular complexity index is 914. The highest BCUT2D eigenvalue weighted by molar-refractivity contribution is 7.92. The minimum atomic E-state index is -3.69. The number of amides is 1. The van der Waals surface area contributed by atoms with Crippen LogP contribution in [0.25, 0.3) is 0 Å². The van der Waals surface area contributed by atoms with Crippen LogP contribution in [0.15, 0.2) is 53.6 Å². The van der Waals surface area contributed by atoms with Crippen molar-refractivity contribution in [1.29, 1.82) is 0 Å². The largest absolute Gasteiger partial charge is 0.497 e. The summed E-state index contributed by atoms with van der Waals surface area (Å²) in [5.74, 6) is -0.754. The molecule has 0 atom stereocenters. The van der Waals surface area contributed by atoms with E-state index >= 15 is 0 Å². The zero-order chi connectivity index (χ0) is 19.9. The second kappa shape index (κ2) is 9.13. The van der Waals surface area contributed by atoms with Crippen molar-refractivity contribution in [2.75, 3.05) is 23.7 Å². The first-order valence-electron chi connectivity index (χ1n) is 8.08. The first-order chi connectivity index (χ1) is 12.9. The molecule has 2 aromatic carbocycles. The Morgan fingerprint density at radius 3 is 2.48 bits per heavy atom. The Balaban J connectivity index is 2.12. The molecule has 0 aliphatic heterocycles. The molecular weight excluding hydrogens is 373 g/mol. The zero-order valence-electron chi connectivity index (χ0n) is 14.9. The zero-order valence-corrected chi connectivity index (χ0v) is 15.7. The number of hydrogen-bond acceptors (Lipinski definition) is 5. The van der Waals surface area contributed by atoms with Gasteiger partial charge in [0.1, 0.15) is 18.1 Å². The number of benzene rings is 2. The molecule has 2 rings (SSSR count). The lowest BCUT2D eigenvalue weighted by molar-refractivity contribution is -0.119. The van der Waals surface area contributed by atoms with E-state index in [1.54, 1.807) is 30.3 Å².